The van der Waals surface area contributed by atoms with Gasteiger partial charge in [0.25, 0.3) is 5.91 Å². The highest BCUT2D eigenvalue weighted by Crippen LogP contribution is 2.45. The lowest BCUT2D eigenvalue weighted by molar-refractivity contribution is -0.128. The number of piperazine rings is 1. The number of carbonyl (C=O) groups is 2. The van der Waals surface area contributed by atoms with Crippen molar-refractivity contribution in [3.8, 4) is 0 Å². The second-order valence-electron chi connectivity index (χ2n) is 8.89. The summed E-state index contributed by atoms with van der Waals surface area (Å²) in [5, 5.41) is 5.19. The Bertz CT molecular complexity index is 931. The van der Waals surface area contributed by atoms with E-state index < -0.39 is 5.54 Å². The minimum Gasteiger partial charge on any atom is -0.322 e. The van der Waals surface area contributed by atoms with Crippen LogP contribution in [0, 0.1) is 0 Å². The highest BCUT2D eigenvalue weighted by Gasteiger charge is 2.52. The molecule has 2 amide bonds. The molecule has 1 N–H and O–H groups in total. The summed E-state index contributed by atoms with van der Waals surface area (Å²) in [6, 6.07) is 12.0. The zero-order valence-electron chi connectivity index (χ0n) is 17.9. The topological polar surface area (TPSA) is 55.9 Å². The van der Waals surface area contributed by atoms with E-state index in [1.165, 1.54) is 4.88 Å². The number of hydrogen-bond acceptors (Lipinski definition) is 5. The molecule has 1 aliphatic carbocycles. The second kappa shape index (κ2) is 8.73. The number of thiophene rings is 1. The van der Waals surface area contributed by atoms with E-state index in [1.807, 2.05) is 40.5 Å². The molecule has 31 heavy (non-hydrogen) atoms. The first-order valence-electron chi connectivity index (χ1n) is 11.4. The van der Waals surface area contributed by atoms with E-state index in [0.29, 0.717) is 6.54 Å². The summed E-state index contributed by atoms with van der Waals surface area (Å²) in [5.74, 6) is 0.0340. The smallest absolute Gasteiger partial charge is 0.250 e. The van der Waals surface area contributed by atoms with Crippen molar-refractivity contribution >= 4 is 34.5 Å². The van der Waals surface area contributed by atoms with Gasteiger partial charge in [-0.15, -0.1) is 11.3 Å². The number of para-hydroxylation sites is 2. The van der Waals surface area contributed by atoms with Gasteiger partial charge in [0.2, 0.25) is 5.91 Å². The van der Waals surface area contributed by atoms with E-state index in [-0.39, 0.29) is 11.8 Å². The third-order valence-corrected chi connectivity index (χ3v) is 7.94. The number of hydrogen-bond donors (Lipinski definition) is 1. The van der Waals surface area contributed by atoms with E-state index in [4.69, 9.17) is 0 Å². The molecule has 2 aliphatic heterocycles. The first kappa shape index (κ1) is 20.7. The molecule has 1 saturated heterocycles. The second-order valence-corrected chi connectivity index (χ2v) is 9.92. The molecular formula is C24H30N4O2S. The number of benzene rings is 1. The van der Waals surface area contributed by atoms with Crippen LogP contribution in [0.1, 0.15) is 30.6 Å². The van der Waals surface area contributed by atoms with Gasteiger partial charge in [-0.05, 0) is 42.8 Å². The number of nitrogens with zero attached hydrogens (tertiary/aromatic N) is 3. The van der Waals surface area contributed by atoms with Crippen LogP contribution >= 0.6 is 11.3 Å². The molecule has 0 radical (unpaired) electrons. The summed E-state index contributed by atoms with van der Waals surface area (Å²) >= 11 is 1.82. The predicted octanol–water partition coefficient (Wildman–Crippen LogP) is 3.21. The largest absolute Gasteiger partial charge is 0.322 e. The average Bonchev–Trinajstić information content (AvgIpc) is 3.47. The van der Waals surface area contributed by atoms with Gasteiger partial charge in [-0.1, -0.05) is 31.0 Å². The van der Waals surface area contributed by atoms with Gasteiger partial charge in [-0.2, -0.15) is 0 Å². The van der Waals surface area contributed by atoms with Gasteiger partial charge < -0.3 is 10.2 Å². The van der Waals surface area contributed by atoms with E-state index in [9.17, 15) is 9.59 Å². The normalized spacial score (nSPS) is 21.3. The molecule has 2 fully saturated rings. The van der Waals surface area contributed by atoms with Crippen molar-refractivity contribution in [3.05, 3.63) is 46.7 Å². The molecule has 164 valence electrons. The van der Waals surface area contributed by atoms with Crippen molar-refractivity contribution in [1.29, 1.82) is 0 Å². The van der Waals surface area contributed by atoms with Crippen molar-refractivity contribution < 1.29 is 9.59 Å². The number of amides is 2. The minimum atomic E-state index is -0.714. The molecule has 3 aliphatic rings. The first-order chi connectivity index (χ1) is 15.2. The van der Waals surface area contributed by atoms with E-state index in [2.05, 4.69) is 32.6 Å². The van der Waals surface area contributed by atoms with Crippen LogP contribution in [-0.2, 0) is 16.0 Å². The predicted molar refractivity (Wildman–Crippen MR) is 125 cm³/mol. The van der Waals surface area contributed by atoms with Crippen LogP contribution in [0.4, 0.5) is 11.4 Å². The number of rotatable bonds is 5. The highest BCUT2D eigenvalue weighted by molar-refractivity contribution is 7.09. The standard InChI is InChI=1S/C24H30N4O2S/c29-22(18-27-15-13-26(14-16-27)12-9-19-6-5-17-31-19)28-21-8-2-1-7-20(21)25-23(30)24(28)10-3-4-11-24/h1-2,5-8,17H,3-4,9-16,18H2,(H,25,30). The van der Waals surface area contributed by atoms with Crippen LogP contribution < -0.4 is 10.2 Å². The van der Waals surface area contributed by atoms with E-state index in [0.717, 1.165) is 76.2 Å². The molecule has 5 rings (SSSR count). The Morgan fingerprint density at radius 1 is 1.00 bits per heavy atom. The van der Waals surface area contributed by atoms with Crippen molar-refractivity contribution in [2.75, 3.05) is 49.5 Å². The number of fused-ring (bicyclic) bond motifs is 1. The van der Waals surface area contributed by atoms with Crippen molar-refractivity contribution in [2.24, 2.45) is 0 Å². The zero-order valence-corrected chi connectivity index (χ0v) is 18.7. The molecule has 7 heteroatoms. The number of nitrogens with one attached hydrogen (secondary N) is 1. The molecule has 0 bridgehead atoms. The van der Waals surface area contributed by atoms with Gasteiger partial charge in [0.1, 0.15) is 5.54 Å². The zero-order chi connectivity index (χ0) is 21.3. The molecule has 6 nitrogen and oxygen atoms in total. The Labute approximate surface area is 187 Å². The van der Waals surface area contributed by atoms with Crippen molar-refractivity contribution in [3.63, 3.8) is 0 Å². The summed E-state index contributed by atoms with van der Waals surface area (Å²) in [6.07, 6.45) is 4.56. The van der Waals surface area contributed by atoms with E-state index in [1.54, 1.807) is 0 Å². The van der Waals surface area contributed by atoms with Gasteiger partial charge in [0.05, 0.1) is 17.9 Å². The fourth-order valence-corrected chi connectivity index (χ4v) is 5.98. The lowest BCUT2D eigenvalue weighted by Gasteiger charge is -2.45. The Kier molecular flexibility index (Phi) is 5.82. The summed E-state index contributed by atoms with van der Waals surface area (Å²) in [5.41, 5.74) is 0.883. The average molecular weight is 439 g/mol. The Balaban J connectivity index is 1.25. The summed E-state index contributed by atoms with van der Waals surface area (Å²) in [6.45, 7) is 5.21. The fraction of sp³-hybridized carbons (Fsp3) is 0.500. The summed E-state index contributed by atoms with van der Waals surface area (Å²) < 4.78 is 0. The molecule has 2 aromatic rings. The number of anilines is 2. The Morgan fingerprint density at radius 2 is 1.74 bits per heavy atom. The van der Waals surface area contributed by atoms with Crippen LogP contribution in [0.25, 0.3) is 0 Å². The molecule has 1 aromatic heterocycles. The molecular weight excluding hydrogens is 408 g/mol. The lowest BCUT2D eigenvalue weighted by Crippen LogP contribution is -2.62. The number of carbonyl (C=O) groups excluding carboxylic acids is 2. The Hall–Kier alpha value is -2.22. The molecule has 1 saturated carbocycles. The quantitative estimate of drug-likeness (QED) is 0.779. The monoisotopic (exact) mass is 438 g/mol. The Morgan fingerprint density at radius 3 is 2.48 bits per heavy atom. The highest BCUT2D eigenvalue weighted by atomic mass is 32.1. The van der Waals surface area contributed by atoms with Gasteiger partial charge in [-0.25, -0.2) is 0 Å². The summed E-state index contributed by atoms with van der Waals surface area (Å²) in [4.78, 5) is 34.7. The van der Waals surface area contributed by atoms with Crippen molar-refractivity contribution in [2.45, 2.75) is 37.6 Å². The maximum atomic E-state index is 13.6. The van der Waals surface area contributed by atoms with Crippen LogP contribution in [0.15, 0.2) is 41.8 Å². The molecule has 1 aromatic carbocycles. The third kappa shape index (κ3) is 4.02. The maximum Gasteiger partial charge on any atom is 0.250 e. The first-order valence-corrected chi connectivity index (χ1v) is 12.2. The van der Waals surface area contributed by atoms with Crippen LogP contribution in [0.3, 0.4) is 0 Å². The molecule has 0 atom stereocenters. The third-order valence-electron chi connectivity index (χ3n) is 7.00. The molecule has 0 unspecified atom stereocenters. The van der Waals surface area contributed by atoms with Crippen LogP contribution in [0.5, 0.6) is 0 Å². The van der Waals surface area contributed by atoms with Gasteiger partial charge in [0.15, 0.2) is 0 Å². The fourth-order valence-electron chi connectivity index (χ4n) is 5.28. The maximum absolute atomic E-state index is 13.6. The minimum absolute atomic E-state index is 0.0181. The summed E-state index contributed by atoms with van der Waals surface area (Å²) in [7, 11) is 0. The van der Waals surface area contributed by atoms with Gasteiger partial charge in [0, 0.05) is 37.6 Å². The lowest BCUT2D eigenvalue weighted by atomic mass is 9.89. The van der Waals surface area contributed by atoms with Gasteiger partial charge >= 0.3 is 0 Å². The van der Waals surface area contributed by atoms with Crippen LogP contribution in [0.2, 0.25) is 0 Å². The molecule has 3 heterocycles. The van der Waals surface area contributed by atoms with Crippen molar-refractivity contribution in [1.82, 2.24) is 9.80 Å². The van der Waals surface area contributed by atoms with E-state index >= 15 is 0 Å². The SMILES string of the molecule is O=C(CN1CCN(CCc2cccs2)CC1)N1c2ccccc2NC(=O)C12CCCC2. The van der Waals surface area contributed by atoms with Crippen LogP contribution in [-0.4, -0.2) is 66.4 Å². The molecule has 1 spiro atoms. The van der Waals surface area contributed by atoms with Gasteiger partial charge in [-0.3, -0.25) is 19.4 Å².